The minimum absolute atomic E-state index is 0.148. The van der Waals surface area contributed by atoms with Crippen LogP contribution in [-0.2, 0) is 0 Å². The van der Waals surface area contributed by atoms with Crippen LogP contribution in [0.25, 0.3) is 0 Å². The van der Waals surface area contributed by atoms with Crippen molar-refractivity contribution in [2.24, 2.45) is 0 Å². The van der Waals surface area contributed by atoms with Crippen LogP contribution in [0.3, 0.4) is 0 Å². The van der Waals surface area contributed by atoms with Gasteiger partial charge in [0.05, 0.1) is 14.3 Å². The maximum atomic E-state index is 11.9. The number of halogens is 4. The maximum absolute atomic E-state index is 11.9. The molecular weight excluding hydrogens is 420 g/mol. The molecule has 0 unspecified atom stereocenters. The van der Waals surface area contributed by atoms with Gasteiger partial charge < -0.3 is 9.47 Å². The Kier molecular flexibility index (Phi) is 4.61. The molecule has 78 valence electrons. The molecule has 0 heterocycles. The number of methoxy groups -OCH3 is 1. The number of hydrogen-bond donors (Lipinski definition) is 0. The van der Waals surface area contributed by atoms with Crippen molar-refractivity contribution < 1.29 is 18.3 Å². The third-order valence-electron chi connectivity index (χ3n) is 1.40. The van der Waals surface area contributed by atoms with Gasteiger partial charge in [-0.25, -0.2) is 0 Å². The summed E-state index contributed by atoms with van der Waals surface area (Å²) < 4.78 is 34.7. The summed E-state index contributed by atoms with van der Waals surface area (Å²) in [7, 11) is 1.54. The zero-order valence-electron chi connectivity index (χ0n) is 7.06. The summed E-state index contributed by atoms with van der Waals surface area (Å²) >= 11 is 4.01. The number of rotatable bonds is 3. The van der Waals surface area contributed by atoms with E-state index in [-0.39, 0.29) is 5.75 Å². The van der Waals surface area contributed by atoms with E-state index < -0.39 is 6.61 Å². The van der Waals surface area contributed by atoms with E-state index in [1.807, 2.05) is 45.2 Å². The molecule has 0 aliphatic rings. The van der Waals surface area contributed by atoms with Crippen molar-refractivity contribution in [1.29, 1.82) is 0 Å². The maximum Gasteiger partial charge on any atom is 0.387 e. The average Bonchev–Trinajstić information content (AvgIpc) is 2.01. The van der Waals surface area contributed by atoms with E-state index in [0.717, 1.165) is 7.14 Å². The van der Waals surface area contributed by atoms with E-state index >= 15 is 0 Å². The topological polar surface area (TPSA) is 18.5 Å². The largest absolute Gasteiger partial charge is 0.495 e. The SMILES string of the molecule is COc1c(I)cc(OC(F)F)cc1I. The average molecular weight is 426 g/mol. The van der Waals surface area contributed by atoms with E-state index in [4.69, 9.17) is 4.74 Å². The minimum atomic E-state index is -2.80. The Morgan fingerprint density at radius 3 is 2.07 bits per heavy atom. The van der Waals surface area contributed by atoms with Crippen LogP contribution in [0.2, 0.25) is 0 Å². The fourth-order valence-electron chi connectivity index (χ4n) is 0.903. The highest BCUT2D eigenvalue weighted by atomic mass is 127. The lowest BCUT2D eigenvalue weighted by molar-refractivity contribution is -0.0499. The van der Waals surface area contributed by atoms with E-state index in [0.29, 0.717) is 5.75 Å². The molecule has 0 spiro atoms. The van der Waals surface area contributed by atoms with E-state index in [9.17, 15) is 8.78 Å². The van der Waals surface area contributed by atoms with Crippen molar-refractivity contribution >= 4 is 45.2 Å². The zero-order chi connectivity index (χ0) is 10.7. The van der Waals surface area contributed by atoms with E-state index in [1.54, 1.807) is 0 Å². The monoisotopic (exact) mass is 426 g/mol. The zero-order valence-corrected chi connectivity index (χ0v) is 11.4. The number of hydrogen-bond acceptors (Lipinski definition) is 2. The summed E-state index contributed by atoms with van der Waals surface area (Å²) in [5.74, 6) is 0.822. The molecule has 1 rings (SSSR count). The van der Waals surface area contributed by atoms with Crippen molar-refractivity contribution in [2.45, 2.75) is 6.61 Å². The number of alkyl halides is 2. The van der Waals surface area contributed by atoms with Gasteiger partial charge in [-0.15, -0.1) is 0 Å². The first-order valence-corrected chi connectivity index (χ1v) is 5.68. The van der Waals surface area contributed by atoms with E-state index in [2.05, 4.69) is 4.74 Å². The molecule has 0 N–H and O–H groups in total. The molecule has 0 fully saturated rings. The van der Waals surface area contributed by atoms with Gasteiger partial charge in [-0.3, -0.25) is 0 Å². The quantitative estimate of drug-likeness (QED) is 0.690. The molecule has 0 amide bonds. The summed E-state index contributed by atoms with van der Waals surface area (Å²) in [6.45, 7) is -2.80. The van der Waals surface area contributed by atoms with E-state index in [1.165, 1.54) is 19.2 Å². The highest BCUT2D eigenvalue weighted by Gasteiger charge is 2.11. The fourth-order valence-corrected chi connectivity index (χ4v) is 3.05. The molecule has 0 radical (unpaired) electrons. The molecule has 14 heavy (non-hydrogen) atoms. The summed E-state index contributed by atoms with van der Waals surface area (Å²) in [4.78, 5) is 0. The molecular formula is C8H6F2I2O2. The van der Waals surface area contributed by atoms with Crippen LogP contribution >= 0.6 is 45.2 Å². The van der Waals surface area contributed by atoms with Gasteiger partial charge in [-0.2, -0.15) is 8.78 Å². The standard InChI is InChI=1S/C8H6F2I2O2/c1-13-7-5(11)2-4(3-6(7)12)14-8(9)10/h2-3,8H,1H3. The first kappa shape index (κ1) is 12.2. The van der Waals surface area contributed by atoms with Gasteiger partial charge in [0, 0.05) is 0 Å². The van der Waals surface area contributed by atoms with Gasteiger partial charge in [0.15, 0.2) is 0 Å². The Labute approximate surface area is 107 Å². The van der Waals surface area contributed by atoms with Gasteiger partial charge >= 0.3 is 6.61 Å². The van der Waals surface area contributed by atoms with Gasteiger partial charge in [-0.05, 0) is 57.3 Å². The molecule has 0 aromatic heterocycles. The Morgan fingerprint density at radius 2 is 1.71 bits per heavy atom. The molecule has 0 atom stereocenters. The summed E-state index contributed by atoms with van der Waals surface area (Å²) in [5.41, 5.74) is 0. The highest BCUT2D eigenvalue weighted by Crippen LogP contribution is 2.32. The summed E-state index contributed by atoms with van der Waals surface area (Å²) in [6.07, 6.45) is 0. The Bertz CT molecular complexity index is 308. The second-order valence-corrected chi connectivity index (χ2v) is 4.62. The van der Waals surface area contributed by atoms with Crippen LogP contribution in [-0.4, -0.2) is 13.7 Å². The second-order valence-electron chi connectivity index (χ2n) is 2.30. The fraction of sp³-hybridized carbons (Fsp3) is 0.250. The minimum Gasteiger partial charge on any atom is -0.495 e. The molecule has 0 saturated heterocycles. The predicted molar refractivity (Wildman–Crippen MR) is 65.1 cm³/mol. The third kappa shape index (κ3) is 3.07. The smallest absolute Gasteiger partial charge is 0.387 e. The van der Waals surface area contributed by atoms with Gasteiger partial charge in [0.2, 0.25) is 0 Å². The number of benzene rings is 1. The van der Waals surface area contributed by atoms with Crippen molar-refractivity contribution in [3.63, 3.8) is 0 Å². The third-order valence-corrected chi connectivity index (χ3v) is 3.00. The van der Waals surface area contributed by atoms with Crippen molar-refractivity contribution in [2.75, 3.05) is 7.11 Å². The molecule has 0 saturated carbocycles. The molecule has 2 nitrogen and oxygen atoms in total. The van der Waals surface area contributed by atoms with Gasteiger partial charge in [0.25, 0.3) is 0 Å². The van der Waals surface area contributed by atoms with Crippen LogP contribution in [0.15, 0.2) is 12.1 Å². The Hall–Kier alpha value is 0.140. The molecule has 6 heteroatoms. The van der Waals surface area contributed by atoms with Crippen molar-refractivity contribution in [1.82, 2.24) is 0 Å². The normalized spacial score (nSPS) is 10.4. The highest BCUT2D eigenvalue weighted by molar-refractivity contribution is 14.1. The van der Waals surface area contributed by atoms with Gasteiger partial charge in [0.1, 0.15) is 11.5 Å². The van der Waals surface area contributed by atoms with Crippen molar-refractivity contribution in [3.8, 4) is 11.5 Å². The first-order valence-electron chi connectivity index (χ1n) is 3.52. The lowest BCUT2D eigenvalue weighted by Crippen LogP contribution is -2.03. The molecule has 0 aliphatic heterocycles. The summed E-state index contributed by atoms with van der Waals surface area (Å²) in [6, 6.07) is 3.02. The predicted octanol–water partition coefficient (Wildman–Crippen LogP) is 3.51. The lowest BCUT2D eigenvalue weighted by atomic mass is 10.3. The van der Waals surface area contributed by atoms with Crippen LogP contribution < -0.4 is 9.47 Å². The van der Waals surface area contributed by atoms with Crippen LogP contribution in [0.1, 0.15) is 0 Å². The summed E-state index contributed by atoms with van der Waals surface area (Å²) in [5, 5.41) is 0. The van der Waals surface area contributed by atoms with Crippen LogP contribution in [0, 0.1) is 7.14 Å². The molecule has 0 aliphatic carbocycles. The van der Waals surface area contributed by atoms with Crippen LogP contribution in [0.4, 0.5) is 8.78 Å². The second kappa shape index (κ2) is 5.29. The van der Waals surface area contributed by atoms with Crippen molar-refractivity contribution in [3.05, 3.63) is 19.3 Å². The molecule has 0 bridgehead atoms. The molecule has 1 aromatic carbocycles. The number of ether oxygens (including phenoxy) is 2. The molecule has 1 aromatic rings. The first-order chi connectivity index (χ1) is 6.54. The van der Waals surface area contributed by atoms with Gasteiger partial charge in [-0.1, -0.05) is 0 Å². The Balaban J connectivity index is 3.01. The Morgan fingerprint density at radius 1 is 1.21 bits per heavy atom. The lowest BCUT2D eigenvalue weighted by Gasteiger charge is -2.09. The van der Waals surface area contributed by atoms with Crippen LogP contribution in [0.5, 0.6) is 11.5 Å².